The molecule has 0 saturated heterocycles. The molecule has 0 spiro atoms. The standard InChI is InChI=1S/C19H18ClN3O2/c1-14(25-18-10-6-5-9-17(18)20)19(24)22-16-11-21-23(13-16)12-15-7-3-2-4-8-15/h2-11,13-14H,12H2,1H3,(H,22,24). The molecule has 1 N–H and O–H groups in total. The summed E-state index contributed by atoms with van der Waals surface area (Å²) in [4.78, 5) is 12.3. The zero-order valence-electron chi connectivity index (χ0n) is 13.7. The molecular weight excluding hydrogens is 338 g/mol. The van der Waals surface area contributed by atoms with Gasteiger partial charge >= 0.3 is 0 Å². The average Bonchev–Trinajstić information content (AvgIpc) is 3.04. The van der Waals surface area contributed by atoms with Gasteiger partial charge in [-0.2, -0.15) is 5.10 Å². The first-order chi connectivity index (χ1) is 12.1. The minimum atomic E-state index is -0.683. The fourth-order valence-corrected chi connectivity index (χ4v) is 2.49. The minimum Gasteiger partial charge on any atom is -0.479 e. The Balaban J connectivity index is 1.58. The molecule has 0 aliphatic carbocycles. The van der Waals surface area contributed by atoms with E-state index in [1.807, 2.05) is 30.3 Å². The predicted octanol–water partition coefficient (Wildman–Crippen LogP) is 3.99. The van der Waals surface area contributed by atoms with Gasteiger partial charge in [0.05, 0.1) is 23.5 Å². The van der Waals surface area contributed by atoms with Crippen LogP contribution in [-0.4, -0.2) is 21.8 Å². The summed E-state index contributed by atoms with van der Waals surface area (Å²) in [7, 11) is 0. The van der Waals surface area contributed by atoms with Crippen molar-refractivity contribution in [3.63, 3.8) is 0 Å². The van der Waals surface area contributed by atoms with E-state index in [0.717, 1.165) is 5.56 Å². The van der Waals surface area contributed by atoms with Gasteiger partial charge in [-0.1, -0.05) is 54.1 Å². The van der Waals surface area contributed by atoms with Crippen LogP contribution < -0.4 is 10.1 Å². The fourth-order valence-electron chi connectivity index (χ4n) is 2.31. The molecule has 0 radical (unpaired) electrons. The highest BCUT2D eigenvalue weighted by atomic mass is 35.5. The van der Waals surface area contributed by atoms with Crippen molar-refractivity contribution in [1.82, 2.24) is 9.78 Å². The number of hydrogen-bond acceptors (Lipinski definition) is 3. The molecule has 6 heteroatoms. The number of nitrogens with zero attached hydrogens (tertiary/aromatic N) is 2. The van der Waals surface area contributed by atoms with Crippen molar-refractivity contribution in [2.24, 2.45) is 0 Å². The quantitative estimate of drug-likeness (QED) is 0.727. The number of benzene rings is 2. The molecule has 0 aliphatic rings. The van der Waals surface area contributed by atoms with Crippen LogP contribution in [0, 0.1) is 0 Å². The molecular formula is C19H18ClN3O2. The molecule has 1 amide bonds. The number of halogens is 1. The van der Waals surface area contributed by atoms with Crippen molar-refractivity contribution in [2.45, 2.75) is 19.6 Å². The van der Waals surface area contributed by atoms with E-state index in [0.29, 0.717) is 23.0 Å². The summed E-state index contributed by atoms with van der Waals surface area (Å²) in [5.74, 6) is 0.214. The van der Waals surface area contributed by atoms with E-state index in [4.69, 9.17) is 16.3 Å². The van der Waals surface area contributed by atoms with Gasteiger partial charge in [-0.3, -0.25) is 9.48 Å². The molecule has 3 aromatic rings. The fraction of sp³-hybridized carbons (Fsp3) is 0.158. The van der Waals surface area contributed by atoms with Gasteiger partial charge in [-0.15, -0.1) is 0 Å². The van der Waals surface area contributed by atoms with E-state index >= 15 is 0 Å². The molecule has 1 unspecified atom stereocenters. The van der Waals surface area contributed by atoms with Gasteiger partial charge in [0.15, 0.2) is 6.10 Å². The SMILES string of the molecule is CC(Oc1ccccc1Cl)C(=O)Nc1cnn(Cc2ccccc2)c1. The summed E-state index contributed by atoms with van der Waals surface area (Å²) in [6.45, 7) is 2.31. The average molecular weight is 356 g/mol. The first kappa shape index (κ1) is 17.0. The third-order valence-electron chi connectivity index (χ3n) is 3.60. The molecule has 25 heavy (non-hydrogen) atoms. The van der Waals surface area contributed by atoms with E-state index < -0.39 is 6.10 Å². The topological polar surface area (TPSA) is 56.1 Å². The molecule has 1 aromatic heterocycles. The molecule has 1 heterocycles. The van der Waals surface area contributed by atoms with E-state index in [2.05, 4.69) is 10.4 Å². The highest BCUT2D eigenvalue weighted by Gasteiger charge is 2.16. The largest absolute Gasteiger partial charge is 0.479 e. The lowest BCUT2D eigenvalue weighted by atomic mass is 10.2. The van der Waals surface area contributed by atoms with Gasteiger partial charge in [-0.25, -0.2) is 0 Å². The zero-order chi connectivity index (χ0) is 17.6. The Bertz CT molecular complexity index is 849. The second-order valence-electron chi connectivity index (χ2n) is 5.59. The van der Waals surface area contributed by atoms with Crippen LogP contribution in [0.1, 0.15) is 12.5 Å². The number of aromatic nitrogens is 2. The number of rotatable bonds is 6. The normalized spacial score (nSPS) is 11.8. The van der Waals surface area contributed by atoms with Crippen molar-refractivity contribution in [3.05, 3.63) is 77.6 Å². The molecule has 0 fully saturated rings. The van der Waals surface area contributed by atoms with Crippen LogP contribution in [0.3, 0.4) is 0 Å². The van der Waals surface area contributed by atoms with Crippen molar-refractivity contribution in [1.29, 1.82) is 0 Å². The van der Waals surface area contributed by atoms with Crippen molar-refractivity contribution in [3.8, 4) is 5.75 Å². The lowest BCUT2D eigenvalue weighted by Gasteiger charge is -2.14. The molecule has 2 aromatic carbocycles. The van der Waals surface area contributed by atoms with E-state index in [1.165, 1.54) is 0 Å². The summed E-state index contributed by atoms with van der Waals surface area (Å²) in [6, 6.07) is 17.0. The van der Waals surface area contributed by atoms with E-state index in [1.54, 1.807) is 48.3 Å². The number of anilines is 1. The lowest BCUT2D eigenvalue weighted by molar-refractivity contribution is -0.122. The second kappa shape index (κ2) is 7.85. The number of amides is 1. The monoisotopic (exact) mass is 355 g/mol. The van der Waals surface area contributed by atoms with Crippen LogP contribution in [-0.2, 0) is 11.3 Å². The third-order valence-corrected chi connectivity index (χ3v) is 3.91. The van der Waals surface area contributed by atoms with Gasteiger partial charge in [-0.05, 0) is 24.6 Å². The molecule has 0 saturated carbocycles. The second-order valence-corrected chi connectivity index (χ2v) is 6.00. The Morgan fingerprint density at radius 2 is 1.92 bits per heavy atom. The van der Waals surface area contributed by atoms with Crippen LogP contribution in [0.15, 0.2) is 67.0 Å². The number of carbonyl (C=O) groups is 1. The number of hydrogen-bond donors (Lipinski definition) is 1. The third kappa shape index (κ3) is 4.61. The van der Waals surface area contributed by atoms with Crippen molar-refractivity contribution >= 4 is 23.2 Å². The summed E-state index contributed by atoms with van der Waals surface area (Å²) < 4.78 is 7.38. The zero-order valence-corrected chi connectivity index (χ0v) is 14.5. The van der Waals surface area contributed by atoms with Crippen molar-refractivity contribution < 1.29 is 9.53 Å². The number of para-hydroxylation sites is 1. The summed E-state index contributed by atoms with van der Waals surface area (Å²) in [5.41, 5.74) is 1.76. The Labute approximate surface area is 151 Å². The van der Waals surface area contributed by atoms with Gasteiger partial charge < -0.3 is 10.1 Å². The number of carbonyl (C=O) groups excluding carboxylic acids is 1. The molecule has 128 valence electrons. The van der Waals surface area contributed by atoms with E-state index in [-0.39, 0.29) is 5.91 Å². The van der Waals surface area contributed by atoms with Gasteiger partial charge in [0, 0.05) is 6.20 Å². The Morgan fingerprint density at radius 1 is 1.20 bits per heavy atom. The maximum atomic E-state index is 12.3. The lowest BCUT2D eigenvalue weighted by Crippen LogP contribution is -2.30. The van der Waals surface area contributed by atoms with Crippen LogP contribution in [0.5, 0.6) is 5.75 Å². The highest BCUT2D eigenvalue weighted by molar-refractivity contribution is 6.32. The van der Waals surface area contributed by atoms with Gasteiger partial charge in [0.25, 0.3) is 5.91 Å². The van der Waals surface area contributed by atoms with E-state index in [9.17, 15) is 4.79 Å². The Hall–Kier alpha value is -2.79. The molecule has 3 rings (SSSR count). The maximum absolute atomic E-state index is 12.3. The number of nitrogens with one attached hydrogen (secondary N) is 1. The minimum absolute atomic E-state index is 0.265. The Morgan fingerprint density at radius 3 is 2.68 bits per heavy atom. The summed E-state index contributed by atoms with van der Waals surface area (Å²) in [6.07, 6.45) is 2.72. The Kier molecular flexibility index (Phi) is 5.36. The van der Waals surface area contributed by atoms with Crippen molar-refractivity contribution in [2.75, 3.05) is 5.32 Å². The molecule has 5 nitrogen and oxygen atoms in total. The van der Waals surface area contributed by atoms with Crippen LogP contribution in [0.4, 0.5) is 5.69 Å². The highest BCUT2D eigenvalue weighted by Crippen LogP contribution is 2.24. The summed E-state index contributed by atoms with van der Waals surface area (Å²) in [5, 5.41) is 7.53. The maximum Gasteiger partial charge on any atom is 0.265 e. The predicted molar refractivity (Wildman–Crippen MR) is 97.9 cm³/mol. The van der Waals surface area contributed by atoms with Gasteiger partial charge in [0.1, 0.15) is 5.75 Å². The molecule has 1 atom stereocenters. The number of ether oxygens (including phenoxy) is 1. The summed E-state index contributed by atoms with van der Waals surface area (Å²) >= 11 is 6.04. The first-order valence-corrected chi connectivity index (χ1v) is 8.28. The smallest absolute Gasteiger partial charge is 0.265 e. The van der Waals surface area contributed by atoms with Crippen LogP contribution in [0.25, 0.3) is 0 Å². The molecule has 0 bridgehead atoms. The van der Waals surface area contributed by atoms with Gasteiger partial charge in [0.2, 0.25) is 0 Å². The first-order valence-electron chi connectivity index (χ1n) is 7.90. The van der Waals surface area contributed by atoms with Crippen LogP contribution >= 0.6 is 11.6 Å². The van der Waals surface area contributed by atoms with Crippen LogP contribution in [0.2, 0.25) is 5.02 Å². The molecule has 0 aliphatic heterocycles.